The van der Waals surface area contributed by atoms with Crippen molar-refractivity contribution in [2.24, 2.45) is 0 Å². The molecule has 180 valence electrons. The summed E-state index contributed by atoms with van der Waals surface area (Å²) in [5.41, 5.74) is -0.125. The van der Waals surface area contributed by atoms with Crippen LogP contribution in [0.15, 0.2) is 54.6 Å². The predicted octanol–water partition coefficient (Wildman–Crippen LogP) is 2.06. The number of likely N-dealkylation sites (tertiary alicyclic amines) is 1. The molecule has 2 fully saturated rings. The molecule has 2 heterocycles. The van der Waals surface area contributed by atoms with Crippen molar-refractivity contribution >= 4 is 17.7 Å². The smallest absolute Gasteiger partial charge is 0.256 e. The van der Waals surface area contributed by atoms with Crippen molar-refractivity contribution in [2.75, 3.05) is 40.0 Å². The molecule has 1 unspecified atom stereocenters. The Morgan fingerprint density at radius 1 is 1.03 bits per heavy atom. The van der Waals surface area contributed by atoms with E-state index in [2.05, 4.69) is 5.32 Å². The average molecular weight is 470 g/mol. The Morgan fingerprint density at radius 2 is 1.68 bits per heavy atom. The molecule has 0 radical (unpaired) electrons. The highest BCUT2D eigenvalue weighted by atomic mass is 19.1. The lowest BCUT2D eigenvalue weighted by molar-refractivity contribution is -0.128. The first-order chi connectivity index (χ1) is 16.4. The van der Waals surface area contributed by atoms with Gasteiger partial charge in [0.1, 0.15) is 17.6 Å². The van der Waals surface area contributed by atoms with Gasteiger partial charge in [-0.3, -0.25) is 19.3 Å². The number of nitrogens with one attached hydrogen (secondary N) is 1. The fraction of sp³-hybridized carbons (Fsp3) is 0.400. The van der Waals surface area contributed by atoms with Crippen molar-refractivity contribution in [3.8, 4) is 0 Å². The number of carbonyl (C=O) groups excluding carboxylic acids is 3. The van der Waals surface area contributed by atoms with Crippen LogP contribution in [-0.4, -0.2) is 79.2 Å². The number of methoxy groups -OCH3 is 1. The minimum atomic E-state index is -0.990. The second-order valence-electron chi connectivity index (χ2n) is 8.40. The van der Waals surface area contributed by atoms with Gasteiger partial charge in [-0.25, -0.2) is 4.39 Å². The Morgan fingerprint density at radius 3 is 2.32 bits per heavy atom. The number of rotatable bonds is 6. The molecule has 0 aliphatic carbocycles. The van der Waals surface area contributed by atoms with Crippen molar-refractivity contribution < 1.29 is 28.2 Å². The van der Waals surface area contributed by atoms with Crippen molar-refractivity contribution in [2.45, 2.75) is 24.6 Å². The molecule has 3 amide bonds. The van der Waals surface area contributed by atoms with Gasteiger partial charge in [0.15, 0.2) is 0 Å². The summed E-state index contributed by atoms with van der Waals surface area (Å²) in [4.78, 5) is 42.6. The van der Waals surface area contributed by atoms with Gasteiger partial charge in [0.25, 0.3) is 11.8 Å². The standard InChI is InChI=1S/C25H28FN3O5/c1-33-16-13-27-22(30)21-17-34-25(29(21)24(32)18-5-3-2-4-6-18)11-14-28(15-12-25)23(31)19-7-9-20(26)10-8-19/h2-10,21H,11-17H2,1H3,(H,27,30). The fourth-order valence-corrected chi connectivity index (χ4v) is 4.52. The van der Waals surface area contributed by atoms with Gasteiger partial charge in [-0.15, -0.1) is 0 Å². The average Bonchev–Trinajstić information content (AvgIpc) is 3.23. The molecule has 2 aliphatic rings. The first-order valence-corrected chi connectivity index (χ1v) is 11.3. The van der Waals surface area contributed by atoms with Crippen LogP contribution in [0.4, 0.5) is 4.39 Å². The summed E-state index contributed by atoms with van der Waals surface area (Å²) in [7, 11) is 1.55. The molecule has 2 aromatic carbocycles. The summed E-state index contributed by atoms with van der Waals surface area (Å²) in [6.07, 6.45) is 0.723. The zero-order valence-electron chi connectivity index (χ0n) is 19.0. The molecule has 4 rings (SSSR count). The molecule has 2 saturated heterocycles. The van der Waals surface area contributed by atoms with Gasteiger partial charge in [-0.1, -0.05) is 18.2 Å². The van der Waals surface area contributed by atoms with Crippen LogP contribution in [0.25, 0.3) is 0 Å². The molecule has 9 heteroatoms. The van der Waals surface area contributed by atoms with E-state index in [1.807, 2.05) is 6.07 Å². The van der Waals surface area contributed by atoms with Gasteiger partial charge in [0.2, 0.25) is 5.91 Å². The Balaban J connectivity index is 1.53. The third-order valence-corrected chi connectivity index (χ3v) is 6.33. The number of halogens is 1. The van der Waals surface area contributed by atoms with Crippen LogP contribution in [0.2, 0.25) is 0 Å². The number of carbonyl (C=O) groups is 3. The SMILES string of the molecule is COCCNC(=O)C1COC2(CCN(C(=O)c3ccc(F)cc3)CC2)N1C(=O)c1ccccc1. The molecular weight excluding hydrogens is 441 g/mol. The zero-order chi connectivity index (χ0) is 24.1. The number of amides is 3. The third kappa shape index (κ3) is 4.80. The van der Waals surface area contributed by atoms with E-state index in [1.54, 1.807) is 41.2 Å². The largest absolute Gasteiger partial charge is 0.383 e. The van der Waals surface area contributed by atoms with E-state index in [-0.39, 0.29) is 24.3 Å². The summed E-state index contributed by atoms with van der Waals surface area (Å²) >= 11 is 0. The Bertz CT molecular complexity index is 1020. The van der Waals surface area contributed by atoms with Crippen molar-refractivity contribution in [1.29, 1.82) is 0 Å². The molecule has 34 heavy (non-hydrogen) atoms. The maximum Gasteiger partial charge on any atom is 0.256 e. The number of nitrogens with zero attached hydrogens (tertiary/aromatic N) is 2. The van der Waals surface area contributed by atoms with Crippen molar-refractivity contribution in [3.05, 3.63) is 71.5 Å². The van der Waals surface area contributed by atoms with Crippen LogP contribution in [0.5, 0.6) is 0 Å². The van der Waals surface area contributed by atoms with E-state index >= 15 is 0 Å². The molecule has 0 bridgehead atoms. The van der Waals surface area contributed by atoms with E-state index in [4.69, 9.17) is 9.47 Å². The maximum atomic E-state index is 13.6. The Hall–Kier alpha value is -3.30. The van der Waals surface area contributed by atoms with Crippen LogP contribution < -0.4 is 5.32 Å². The van der Waals surface area contributed by atoms with Crippen LogP contribution in [0.3, 0.4) is 0 Å². The summed E-state index contributed by atoms with van der Waals surface area (Å²) < 4.78 is 24.4. The highest BCUT2D eigenvalue weighted by molar-refractivity contribution is 5.98. The van der Waals surface area contributed by atoms with Crippen LogP contribution in [0, 0.1) is 5.82 Å². The maximum absolute atomic E-state index is 13.6. The molecule has 8 nitrogen and oxygen atoms in total. The monoisotopic (exact) mass is 469 g/mol. The fourth-order valence-electron chi connectivity index (χ4n) is 4.52. The normalized spacial score (nSPS) is 19.3. The van der Waals surface area contributed by atoms with E-state index in [0.717, 1.165) is 0 Å². The first kappa shape index (κ1) is 23.8. The highest BCUT2D eigenvalue weighted by Gasteiger charge is 2.54. The molecule has 1 N–H and O–H groups in total. The van der Waals surface area contributed by atoms with Crippen LogP contribution >= 0.6 is 0 Å². The molecule has 0 saturated carbocycles. The predicted molar refractivity (Wildman–Crippen MR) is 122 cm³/mol. The van der Waals surface area contributed by atoms with E-state index in [0.29, 0.717) is 50.2 Å². The summed E-state index contributed by atoms with van der Waals surface area (Å²) in [5, 5.41) is 2.80. The van der Waals surface area contributed by atoms with Crippen molar-refractivity contribution in [3.63, 3.8) is 0 Å². The molecule has 1 atom stereocenters. The van der Waals surface area contributed by atoms with Gasteiger partial charge < -0.3 is 19.7 Å². The lowest BCUT2D eigenvalue weighted by Gasteiger charge is -2.44. The van der Waals surface area contributed by atoms with Gasteiger partial charge in [0, 0.05) is 50.7 Å². The summed E-state index contributed by atoms with van der Waals surface area (Å²) in [6, 6.07) is 13.4. The van der Waals surface area contributed by atoms with E-state index in [1.165, 1.54) is 24.3 Å². The number of benzene rings is 2. The minimum absolute atomic E-state index is 0.0727. The molecule has 1 spiro atoms. The first-order valence-electron chi connectivity index (χ1n) is 11.3. The second kappa shape index (κ2) is 10.3. The Kier molecular flexibility index (Phi) is 7.23. The number of ether oxygens (including phenoxy) is 2. The lowest BCUT2D eigenvalue weighted by Crippen LogP contribution is -2.60. The van der Waals surface area contributed by atoms with E-state index < -0.39 is 17.6 Å². The quantitative estimate of drug-likeness (QED) is 0.655. The minimum Gasteiger partial charge on any atom is -0.383 e. The highest BCUT2D eigenvalue weighted by Crippen LogP contribution is 2.38. The topological polar surface area (TPSA) is 88.2 Å². The molecular formula is C25H28FN3O5. The molecule has 0 aromatic heterocycles. The van der Waals surface area contributed by atoms with Gasteiger partial charge in [-0.05, 0) is 36.4 Å². The van der Waals surface area contributed by atoms with Crippen molar-refractivity contribution in [1.82, 2.24) is 15.1 Å². The van der Waals surface area contributed by atoms with Crippen LogP contribution in [-0.2, 0) is 14.3 Å². The van der Waals surface area contributed by atoms with Crippen LogP contribution in [0.1, 0.15) is 33.6 Å². The molecule has 2 aromatic rings. The Labute approximate surface area is 197 Å². The molecule has 2 aliphatic heterocycles. The second-order valence-corrected chi connectivity index (χ2v) is 8.40. The van der Waals surface area contributed by atoms with Gasteiger partial charge in [0.05, 0.1) is 13.2 Å². The summed E-state index contributed by atoms with van der Waals surface area (Å²) in [5.74, 6) is -1.20. The summed E-state index contributed by atoms with van der Waals surface area (Å²) in [6.45, 7) is 1.44. The van der Waals surface area contributed by atoms with Gasteiger partial charge >= 0.3 is 0 Å². The lowest BCUT2D eigenvalue weighted by atomic mass is 9.96. The zero-order valence-corrected chi connectivity index (χ0v) is 19.0. The van der Waals surface area contributed by atoms with E-state index in [9.17, 15) is 18.8 Å². The third-order valence-electron chi connectivity index (χ3n) is 6.33. The number of hydrogen-bond acceptors (Lipinski definition) is 5. The van der Waals surface area contributed by atoms with Gasteiger partial charge in [-0.2, -0.15) is 0 Å². The number of piperidine rings is 1. The number of hydrogen-bond donors (Lipinski definition) is 1.